The Labute approximate surface area is 274 Å². The maximum absolute atomic E-state index is 2.49. The van der Waals surface area contributed by atoms with E-state index in [1.807, 2.05) is 0 Å². The molecule has 10 rings (SSSR count). The molecule has 0 heteroatoms. The Kier molecular flexibility index (Phi) is 5.44. The summed E-state index contributed by atoms with van der Waals surface area (Å²) in [6.07, 6.45) is 0. The molecule has 1 aliphatic carbocycles. The molecule has 1 aliphatic rings. The van der Waals surface area contributed by atoms with Gasteiger partial charge in [0.1, 0.15) is 0 Å². The summed E-state index contributed by atoms with van der Waals surface area (Å²) in [5.74, 6) is 0. The minimum absolute atomic E-state index is 0.109. The van der Waals surface area contributed by atoms with Crippen molar-refractivity contribution in [3.63, 3.8) is 0 Å². The summed E-state index contributed by atoms with van der Waals surface area (Å²) in [7, 11) is 0. The summed E-state index contributed by atoms with van der Waals surface area (Å²) < 4.78 is 0. The third kappa shape index (κ3) is 3.70. The van der Waals surface area contributed by atoms with Gasteiger partial charge < -0.3 is 0 Å². The number of fused-ring (bicyclic) bond motifs is 10. The zero-order valence-electron chi connectivity index (χ0n) is 26.5. The fraction of sp³-hybridized carbons (Fsp3) is 0.0638. The lowest BCUT2D eigenvalue weighted by molar-refractivity contribution is 0.666. The van der Waals surface area contributed by atoms with Gasteiger partial charge in [-0.2, -0.15) is 0 Å². The van der Waals surface area contributed by atoms with Crippen LogP contribution in [0.1, 0.15) is 25.0 Å². The van der Waals surface area contributed by atoms with Gasteiger partial charge in [0.05, 0.1) is 0 Å². The maximum atomic E-state index is 2.49. The van der Waals surface area contributed by atoms with Crippen molar-refractivity contribution >= 4 is 53.9 Å². The lowest BCUT2D eigenvalue weighted by atomic mass is 9.79. The van der Waals surface area contributed by atoms with Gasteiger partial charge in [-0.3, -0.25) is 0 Å². The van der Waals surface area contributed by atoms with Gasteiger partial charge in [0.15, 0.2) is 0 Å². The van der Waals surface area contributed by atoms with E-state index in [1.165, 1.54) is 98.4 Å². The summed E-state index contributed by atoms with van der Waals surface area (Å²) in [4.78, 5) is 0. The molecular weight excluding hydrogens is 565 g/mol. The fourth-order valence-electron chi connectivity index (χ4n) is 8.67. The van der Waals surface area contributed by atoms with E-state index in [0.29, 0.717) is 0 Å². The third-order valence-electron chi connectivity index (χ3n) is 10.8. The highest BCUT2D eigenvalue weighted by Crippen LogP contribution is 2.53. The maximum Gasteiger partial charge on any atom is 0.0165 e. The predicted octanol–water partition coefficient (Wildman–Crippen LogP) is 13.1. The molecule has 0 N–H and O–H groups in total. The Hall–Kier alpha value is -5.72. The first-order valence-electron chi connectivity index (χ1n) is 16.6. The Balaban J connectivity index is 1.22. The minimum Gasteiger partial charge on any atom is -0.0616 e. The van der Waals surface area contributed by atoms with Crippen LogP contribution in [0.5, 0.6) is 0 Å². The smallest absolute Gasteiger partial charge is 0.0165 e. The molecule has 0 unspecified atom stereocenters. The minimum atomic E-state index is -0.109. The standard InChI is InChI=1S/C47H32/c1-47(2)43-28-33(23-25-37(43)42-26-21-30-12-4-6-14-36(30)46(42)47)45-40-17-9-7-15-38(40)44(39-16-8-10-18-41(39)45)32-22-24-35-31(27-32)20-19-29-11-3-5-13-34(29)35/h3-28H,1-2H3. The SMILES string of the molecule is CC1(C)c2cc(-c3c4ccccc4c(-c4ccc5c(ccc6ccccc65)c4)c4ccccc34)ccc2-c2ccc3ccccc3c21. The van der Waals surface area contributed by atoms with Crippen LogP contribution in [0.25, 0.3) is 87.2 Å². The number of rotatable bonds is 2. The van der Waals surface area contributed by atoms with Crippen LogP contribution in [0.4, 0.5) is 0 Å². The highest BCUT2D eigenvalue weighted by molar-refractivity contribution is 6.22. The van der Waals surface area contributed by atoms with Crippen molar-refractivity contribution in [1.82, 2.24) is 0 Å². The second kappa shape index (κ2) is 9.64. The number of hydrogen-bond acceptors (Lipinski definition) is 0. The Morgan fingerprint density at radius 2 is 0.787 bits per heavy atom. The second-order valence-electron chi connectivity index (χ2n) is 13.7. The largest absolute Gasteiger partial charge is 0.0616 e. The molecule has 0 saturated heterocycles. The van der Waals surface area contributed by atoms with Crippen molar-refractivity contribution in [3.05, 3.63) is 169 Å². The number of benzene rings is 9. The topological polar surface area (TPSA) is 0 Å². The van der Waals surface area contributed by atoms with Crippen molar-refractivity contribution in [3.8, 4) is 33.4 Å². The quantitative estimate of drug-likeness (QED) is 0.138. The third-order valence-corrected chi connectivity index (χ3v) is 10.8. The zero-order chi connectivity index (χ0) is 31.3. The van der Waals surface area contributed by atoms with E-state index < -0.39 is 0 Å². The summed E-state index contributed by atoms with van der Waals surface area (Å²) in [5.41, 5.74) is 10.6. The second-order valence-corrected chi connectivity index (χ2v) is 13.7. The summed E-state index contributed by atoms with van der Waals surface area (Å²) >= 11 is 0. The van der Waals surface area contributed by atoms with E-state index in [0.717, 1.165) is 0 Å². The number of hydrogen-bond donors (Lipinski definition) is 0. The van der Waals surface area contributed by atoms with Gasteiger partial charge in [-0.25, -0.2) is 0 Å². The summed E-state index contributed by atoms with van der Waals surface area (Å²) in [5, 5.41) is 13.0. The molecule has 0 aromatic heterocycles. The molecule has 0 nitrogen and oxygen atoms in total. The first kappa shape index (κ1) is 26.5. The molecule has 0 spiro atoms. The monoisotopic (exact) mass is 596 g/mol. The van der Waals surface area contributed by atoms with Crippen LogP contribution in [0.3, 0.4) is 0 Å². The van der Waals surface area contributed by atoms with Crippen LogP contribution < -0.4 is 0 Å². The van der Waals surface area contributed by atoms with Crippen LogP contribution in [0.15, 0.2) is 158 Å². The summed E-state index contributed by atoms with van der Waals surface area (Å²) in [6, 6.07) is 58.9. The van der Waals surface area contributed by atoms with Crippen LogP contribution in [0.2, 0.25) is 0 Å². The van der Waals surface area contributed by atoms with Crippen LogP contribution in [-0.2, 0) is 5.41 Å². The van der Waals surface area contributed by atoms with E-state index in [2.05, 4.69) is 172 Å². The highest BCUT2D eigenvalue weighted by Gasteiger charge is 2.37. The van der Waals surface area contributed by atoms with E-state index in [4.69, 9.17) is 0 Å². The highest BCUT2D eigenvalue weighted by atomic mass is 14.4. The molecular formula is C47H32. The lowest BCUT2D eigenvalue weighted by Crippen LogP contribution is -2.15. The molecule has 47 heavy (non-hydrogen) atoms. The van der Waals surface area contributed by atoms with Gasteiger partial charge >= 0.3 is 0 Å². The lowest BCUT2D eigenvalue weighted by Gasteiger charge is -2.24. The van der Waals surface area contributed by atoms with Crippen molar-refractivity contribution in [2.45, 2.75) is 19.3 Å². The van der Waals surface area contributed by atoms with Crippen LogP contribution in [0, 0.1) is 0 Å². The van der Waals surface area contributed by atoms with Gasteiger partial charge in [-0.1, -0.05) is 159 Å². The molecule has 0 fully saturated rings. The van der Waals surface area contributed by atoms with E-state index in [9.17, 15) is 0 Å². The van der Waals surface area contributed by atoms with Gasteiger partial charge in [-0.15, -0.1) is 0 Å². The molecule has 0 amide bonds. The first-order valence-corrected chi connectivity index (χ1v) is 16.6. The Bertz CT molecular complexity index is 2700. The van der Waals surface area contributed by atoms with Gasteiger partial charge in [0.25, 0.3) is 0 Å². The fourth-order valence-corrected chi connectivity index (χ4v) is 8.67. The Morgan fingerprint density at radius 3 is 1.45 bits per heavy atom. The average Bonchev–Trinajstić information content (AvgIpc) is 3.36. The molecule has 0 bridgehead atoms. The molecule has 9 aromatic rings. The molecule has 0 radical (unpaired) electrons. The van der Waals surface area contributed by atoms with Crippen molar-refractivity contribution in [2.24, 2.45) is 0 Å². The summed E-state index contributed by atoms with van der Waals surface area (Å²) in [6.45, 7) is 4.80. The predicted molar refractivity (Wildman–Crippen MR) is 202 cm³/mol. The molecule has 0 saturated carbocycles. The molecule has 0 atom stereocenters. The van der Waals surface area contributed by atoms with E-state index >= 15 is 0 Å². The van der Waals surface area contributed by atoms with Crippen molar-refractivity contribution in [1.29, 1.82) is 0 Å². The first-order chi connectivity index (χ1) is 23.1. The molecule has 0 heterocycles. The van der Waals surface area contributed by atoms with Crippen molar-refractivity contribution < 1.29 is 0 Å². The van der Waals surface area contributed by atoms with E-state index in [-0.39, 0.29) is 5.41 Å². The zero-order valence-corrected chi connectivity index (χ0v) is 26.5. The molecule has 0 aliphatic heterocycles. The molecule has 9 aromatic carbocycles. The van der Waals surface area contributed by atoms with E-state index in [1.54, 1.807) is 0 Å². The van der Waals surface area contributed by atoms with Crippen molar-refractivity contribution in [2.75, 3.05) is 0 Å². The Morgan fingerprint density at radius 1 is 0.340 bits per heavy atom. The van der Waals surface area contributed by atoms with Crippen LogP contribution in [-0.4, -0.2) is 0 Å². The van der Waals surface area contributed by atoms with Gasteiger partial charge in [0.2, 0.25) is 0 Å². The van der Waals surface area contributed by atoms with Gasteiger partial charge in [-0.05, 0) is 111 Å². The average molecular weight is 597 g/mol. The normalized spacial score (nSPS) is 13.5. The molecule has 220 valence electrons. The van der Waals surface area contributed by atoms with Crippen LogP contribution >= 0.6 is 0 Å². The van der Waals surface area contributed by atoms with Gasteiger partial charge in [0, 0.05) is 5.41 Å².